The Balaban J connectivity index is 2.55. The van der Waals surface area contributed by atoms with Crippen molar-refractivity contribution in [3.63, 3.8) is 0 Å². The number of nitriles is 1. The van der Waals surface area contributed by atoms with Crippen LogP contribution in [0.1, 0.15) is 0 Å². The van der Waals surface area contributed by atoms with E-state index >= 15 is 0 Å². The Morgan fingerprint density at radius 2 is 1.88 bits per heavy atom. The van der Waals surface area contributed by atoms with Crippen molar-refractivity contribution in [3.8, 4) is 6.07 Å². The summed E-state index contributed by atoms with van der Waals surface area (Å²) in [6.07, 6.45) is 0. The summed E-state index contributed by atoms with van der Waals surface area (Å²) in [5.74, 6) is -1.60. The molecule has 0 spiro atoms. The van der Waals surface area contributed by atoms with Gasteiger partial charge in [0.25, 0.3) is 0 Å². The van der Waals surface area contributed by atoms with Gasteiger partial charge in [0, 0.05) is 9.26 Å². The van der Waals surface area contributed by atoms with E-state index < -0.39 is 11.8 Å². The Morgan fingerprint density at radius 3 is 2.44 bits per heavy atom. The van der Waals surface area contributed by atoms with Crippen LogP contribution in [0.4, 0.5) is 5.69 Å². The molecule has 0 heterocycles. The molecule has 0 bridgehead atoms. The van der Waals surface area contributed by atoms with Gasteiger partial charge < -0.3 is 10.6 Å². The molecule has 1 aromatic carbocycles. The zero-order valence-electron chi connectivity index (χ0n) is 8.16. The number of anilines is 1. The standard InChI is InChI=1S/C10H8IN3O2/c11-7-1-3-8(4-2-7)14-10(16)9(15)13-6-5-12/h1-4H,6H2,(H,13,15)(H,14,16). The maximum absolute atomic E-state index is 11.3. The largest absolute Gasteiger partial charge is 0.335 e. The number of halogens is 1. The summed E-state index contributed by atoms with van der Waals surface area (Å²) >= 11 is 2.13. The number of nitrogens with one attached hydrogen (secondary N) is 2. The fourth-order valence-electron chi connectivity index (χ4n) is 0.921. The van der Waals surface area contributed by atoms with Crippen LogP contribution in [-0.4, -0.2) is 18.4 Å². The molecule has 0 atom stereocenters. The monoisotopic (exact) mass is 329 g/mol. The van der Waals surface area contributed by atoms with Gasteiger partial charge in [-0.15, -0.1) is 0 Å². The van der Waals surface area contributed by atoms with Gasteiger partial charge in [0.1, 0.15) is 6.54 Å². The van der Waals surface area contributed by atoms with E-state index in [0.717, 1.165) is 3.57 Å². The van der Waals surface area contributed by atoms with E-state index in [9.17, 15) is 9.59 Å². The Bertz CT molecular complexity index is 436. The quantitative estimate of drug-likeness (QED) is 0.480. The van der Waals surface area contributed by atoms with Crippen LogP contribution >= 0.6 is 22.6 Å². The molecule has 5 nitrogen and oxygen atoms in total. The lowest BCUT2D eigenvalue weighted by atomic mass is 10.3. The first-order valence-corrected chi connectivity index (χ1v) is 5.43. The molecule has 1 rings (SSSR count). The average Bonchev–Trinajstić information content (AvgIpc) is 2.29. The minimum absolute atomic E-state index is 0.182. The highest BCUT2D eigenvalue weighted by atomic mass is 127. The van der Waals surface area contributed by atoms with Crippen LogP contribution in [0.2, 0.25) is 0 Å². The van der Waals surface area contributed by atoms with Crippen LogP contribution in [0.5, 0.6) is 0 Å². The van der Waals surface area contributed by atoms with Crippen molar-refractivity contribution in [3.05, 3.63) is 27.8 Å². The van der Waals surface area contributed by atoms with E-state index in [2.05, 4.69) is 33.2 Å². The Kier molecular flexibility index (Phi) is 4.72. The molecule has 2 N–H and O–H groups in total. The van der Waals surface area contributed by atoms with Gasteiger partial charge in [0.15, 0.2) is 0 Å². The molecule has 1 aromatic rings. The zero-order chi connectivity index (χ0) is 12.0. The summed E-state index contributed by atoms with van der Waals surface area (Å²) in [7, 11) is 0. The molecule has 0 fully saturated rings. The molecular weight excluding hydrogens is 321 g/mol. The van der Waals surface area contributed by atoms with Crippen LogP contribution in [0.25, 0.3) is 0 Å². The summed E-state index contributed by atoms with van der Waals surface area (Å²) in [4.78, 5) is 22.4. The fraction of sp³-hybridized carbons (Fsp3) is 0.100. The van der Waals surface area contributed by atoms with Crippen molar-refractivity contribution in [2.75, 3.05) is 11.9 Å². The molecule has 2 amide bonds. The second-order valence-corrected chi connectivity index (χ2v) is 4.05. The Labute approximate surface area is 106 Å². The van der Waals surface area contributed by atoms with E-state index in [1.165, 1.54) is 0 Å². The topological polar surface area (TPSA) is 82.0 Å². The number of hydrogen-bond donors (Lipinski definition) is 2. The Morgan fingerprint density at radius 1 is 1.25 bits per heavy atom. The van der Waals surface area contributed by atoms with Crippen molar-refractivity contribution in [1.82, 2.24) is 5.32 Å². The van der Waals surface area contributed by atoms with Gasteiger partial charge in [-0.3, -0.25) is 9.59 Å². The molecular formula is C10H8IN3O2. The van der Waals surface area contributed by atoms with E-state index in [0.29, 0.717) is 5.69 Å². The highest BCUT2D eigenvalue weighted by molar-refractivity contribution is 14.1. The smallest absolute Gasteiger partial charge is 0.313 e. The summed E-state index contributed by atoms with van der Waals surface area (Å²) < 4.78 is 1.03. The molecule has 6 heteroatoms. The van der Waals surface area contributed by atoms with Crippen molar-refractivity contribution in [1.29, 1.82) is 5.26 Å². The molecule has 0 aromatic heterocycles. The number of nitrogens with zero attached hydrogens (tertiary/aromatic N) is 1. The van der Waals surface area contributed by atoms with Crippen LogP contribution in [0.3, 0.4) is 0 Å². The summed E-state index contributed by atoms with van der Waals surface area (Å²) in [6, 6.07) is 8.71. The highest BCUT2D eigenvalue weighted by Crippen LogP contribution is 2.10. The second-order valence-electron chi connectivity index (χ2n) is 2.80. The maximum atomic E-state index is 11.3. The molecule has 0 saturated heterocycles. The first-order chi connectivity index (χ1) is 7.63. The van der Waals surface area contributed by atoms with Gasteiger partial charge in [0.05, 0.1) is 6.07 Å². The Hall–Kier alpha value is -1.62. The van der Waals surface area contributed by atoms with E-state index in [1.54, 1.807) is 18.2 Å². The van der Waals surface area contributed by atoms with Gasteiger partial charge in [-0.25, -0.2) is 0 Å². The number of hydrogen-bond acceptors (Lipinski definition) is 3. The first-order valence-electron chi connectivity index (χ1n) is 4.35. The number of carbonyl (C=O) groups is 2. The predicted molar refractivity (Wildman–Crippen MR) is 66.4 cm³/mol. The van der Waals surface area contributed by atoms with Crippen molar-refractivity contribution < 1.29 is 9.59 Å². The van der Waals surface area contributed by atoms with Gasteiger partial charge in [0.2, 0.25) is 0 Å². The molecule has 0 aliphatic heterocycles. The lowest BCUT2D eigenvalue weighted by molar-refractivity contribution is -0.136. The van der Waals surface area contributed by atoms with Crippen molar-refractivity contribution in [2.45, 2.75) is 0 Å². The van der Waals surface area contributed by atoms with Crippen LogP contribution < -0.4 is 10.6 Å². The number of amides is 2. The van der Waals surface area contributed by atoms with E-state index in [4.69, 9.17) is 5.26 Å². The minimum atomic E-state index is -0.819. The predicted octanol–water partition coefficient (Wildman–Crippen LogP) is 0.869. The van der Waals surface area contributed by atoms with Crippen LogP contribution in [0, 0.1) is 14.9 Å². The first kappa shape index (κ1) is 12.4. The maximum Gasteiger partial charge on any atom is 0.313 e. The van der Waals surface area contributed by atoms with Crippen LogP contribution in [0.15, 0.2) is 24.3 Å². The SMILES string of the molecule is N#CCNC(=O)C(=O)Nc1ccc(I)cc1. The third-order valence-corrected chi connectivity index (χ3v) is 2.36. The lowest BCUT2D eigenvalue weighted by Crippen LogP contribution is -2.35. The normalized spacial score (nSPS) is 9.00. The van der Waals surface area contributed by atoms with Crippen molar-refractivity contribution >= 4 is 40.1 Å². The molecule has 82 valence electrons. The average molecular weight is 329 g/mol. The second kappa shape index (κ2) is 6.07. The van der Waals surface area contributed by atoms with E-state index in [-0.39, 0.29) is 6.54 Å². The third kappa shape index (κ3) is 3.86. The van der Waals surface area contributed by atoms with E-state index in [1.807, 2.05) is 12.1 Å². The minimum Gasteiger partial charge on any atom is -0.335 e. The van der Waals surface area contributed by atoms with Gasteiger partial charge >= 0.3 is 11.8 Å². The number of carbonyl (C=O) groups excluding carboxylic acids is 2. The summed E-state index contributed by atoms with van der Waals surface area (Å²) in [5, 5.41) is 12.8. The van der Waals surface area contributed by atoms with Crippen molar-refractivity contribution in [2.24, 2.45) is 0 Å². The fourth-order valence-corrected chi connectivity index (χ4v) is 1.28. The van der Waals surface area contributed by atoms with Gasteiger partial charge in [-0.05, 0) is 46.9 Å². The van der Waals surface area contributed by atoms with Crippen LogP contribution in [-0.2, 0) is 9.59 Å². The summed E-state index contributed by atoms with van der Waals surface area (Å²) in [6.45, 7) is -0.182. The molecule has 16 heavy (non-hydrogen) atoms. The van der Waals surface area contributed by atoms with Gasteiger partial charge in [-0.1, -0.05) is 0 Å². The lowest BCUT2D eigenvalue weighted by Gasteiger charge is -2.04. The summed E-state index contributed by atoms with van der Waals surface area (Å²) in [5.41, 5.74) is 0.539. The molecule has 0 saturated carbocycles. The number of benzene rings is 1. The molecule has 0 radical (unpaired) electrons. The highest BCUT2D eigenvalue weighted by Gasteiger charge is 2.12. The number of rotatable bonds is 2. The molecule has 0 aliphatic carbocycles. The molecule has 0 unspecified atom stereocenters. The third-order valence-electron chi connectivity index (χ3n) is 1.64. The molecule has 0 aliphatic rings. The van der Waals surface area contributed by atoms with Gasteiger partial charge in [-0.2, -0.15) is 5.26 Å². The zero-order valence-corrected chi connectivity index (χ0v) is 10.3.